The zero-order valence-corrected chi connectivity index (χ0v) is 12.7. The molecular formula is C15H19ClN2O3. The van der Waals surface area contributed by atoms with Gasteiger partial charge < -0.3 is 10.1 Å². The second-order valence-electron chi connectivity index (χ2n) is 5.11. The van der Waals surface area contributed by atoms with Crippen molar-refractivity contribution in [1.82, 2.24) is 10.6 Å². The van der Waals surface area contributed by atoms with Crippen LogP contribution in [0.1, 0.15) is 42.5 Å². The Bertz CT molecular complexity index is 528. The maximum absolute atomic E-state index is 12.0. The van der Waals surface area contributed by atoms with Gasteiger partial charge in [-0.15, -0.1) is 0 Å². The first-order valence-electron chi connectivity index (χ1n) is 7.05. The highest BCUT2D eigenvalue weighted by atomic mass is 35.5. The van der Waals surface area contributed by atoms with E-state index in [0.29, 0.717) is 5.75 Å². The summed E-state index contributed by atoms with van der Waals surface area (Å²) in [6.07, 6.45) is 5.36. The van der Waals surface area contributed by atoms with Gasteiger partial charge in [0.2, 0.25) is 0 Å². The van der Waals surface area contributed by atoms with Crippen molar-refractivity contribution in [2.75, 3.05) is 7.11 Å². The van der Waals surface area contributed by atoms with Crippen LogP contribution >= 0.6 is 11.6 Å². The minimum atomic E-state index is -0.518. The van der Waals surface area contributed by atoms with E-state index in [0.717, 1.165) is 25.7 Å². The predicted octanol–water partition coefficient (Wildman–Crippen LogP) is 3.12. The fourth-order valence-electron chi connectivity index (χ4n) is 2.45. The molecule has 0 unspecified atom stereocenters. The van der Waals surface area contributed by atoms with E-state index in [-0.39, 0.29) is 16.6 Å². The highest BCUT2D eigenvalue weighted by molar-refractivity contribution is 6.34. The maximum Gasteiger partial charge on any atom is 0.321 e. The maximum atomic E-state index is 12.0. The van der Waals surface area contributed by atoms with Crippen LogP contribution in [0, 0.1) is 0 Å². The number of hydrogen-bond donors (Lipinski definition) is 2. The van der Waals surface area contributed by atoms with Crippen LogP contribution < -0.4 is 15.4 Å². The van der Waals surface area contributed by atoms with E-state index in [1.807, 2.05) is 0 Å². The Morgan fingerprint density at radius 2 is 1.95 bits per heavy atom. The number of carbonyl (C=O) groups is 2. The lowest BCUT2D eigenvalue weighted by Gasteiger charge is -2.22. The Kier molecular flexibility index (Phi) is 5.44. The quantitative estimate of drug-likeness (QED) is 0.901. The number of methoxy groups -OCH3 is 1. The van der Waals surface area contributed by atoms with Gasteiger partial charge >= 0.3 is 6.03 Å². The van der Waals surface area contributed by atoms with Gasteiger partial charge in [0.25, 0.3) is 5.91 Å². The minimum Gasteiger partial charge on any atom is -0.497 e. The zero-order valence-electron chi connectivity index (χ0n) is 11.9. The number of amides is 3. The third-order valence-electron chi connectivity index (χ3n) is 3.59. The average molecular weight is 311 g/mol. The molecule has 2 rings (SSSR count). The number of ether oxygens (including phenoxy) is 1. The van der Waals surface area contributed by atoms with E-state index in [4.69, 9.17) is 16.3 Å². The number of nitrogens with one attached hydrogen (secondary N) is 2. The summed E-state index contributed by atoms with van der Waals surface area (Å²) in [6, 6.07) is 4.37. The molecule has 6 heteroatoms. The van der Waals surface area contributed by atoms with E-state index >= 15 is 0 Å². The summed E-state index contributed by atoms with van der Waals surface area (Å²) in [5.41, 5.74) is 0.247. The third kappa shape index (κ3) is 4.36. The van der Waals surface area contributed by atoms with Gasteiger partial charge in [0.1, 0.15) is 5.75 Å². The predicted molar refractivity (Wildman–Crippen MR) is 80.9 cm³/mol. The summed E-state index contributed by atoms with van der Waals surface area (Å²) in [5, 5.41) is 5.38. The third-order valence-corrected chi connectivity index (χ3v) is 3.90. The second kappa shape index (κ2) is 7.31. The van der Waals surface area contributed by atoms with E-state index in [1.54, 1.807) is 6.07 Å². The van der Waals surface area contributed by atoms with Crippen LogP contribution in [0.2, 0.25) is 5.02 Å². The zero-order chi connectivity index (χ0) is 15.2. The molecule has 0 aromatic heterocycles. The number of urea groups is 1. The van der Waals surface area contributed by atoms with Gasteiger partial charge in [-0.3, -0.25) is 10.1 Å². The van der Waals surface area contributed by atoms with Gasteiger partial charge in [0.05, 0.1) is 17.7 Å². The Balaban J connectivity index is 1.92. The van der Waals surface area contributed by atoms with Crippen LogP contribution in [0.3, 0.4) is 0 Å². The SMILES string of the molecule is COc1ccc(C(=O)NC(=O)NC2CCCCC2)c(Cl)c1. The van der Waals surface area contributed by atoms with Gasteiger partial charge in [-0.25, -0.2) is 4.79 Å². The van der Waals surface area contributed by atoms with Crippen LogP contribution in [0.5, 0.6) is 5.75 Å². The molecule has 0 radical (unpaired) electrons. The van der Waals surface area contributed by atoms with Crippen molar-refractivity contribution in [3.63, 3.8) is 0 Å². The van der Waals surface area contributed by atoms with Crippen molar-refractivity contribution in [2.45, 2.75) is 38.1 Å². The summed E-state index contributed by atoms with van der Waals surface area (Å²) in [4.78, 5) is 23.8. The summed E-state index contributed by atoms with van der Waals surface area (Å²) in [6.45, 7) is 0. The first kappa shape index (κ1) is 15.6. The molecule has 2 N–H and O–H groups in total. The number of halogens is 1. The van der Waals surface area contributed by atoms with Crippen LogP contribution in [-0.4, -0.2) is 25.1 Å². The minimum absolute atomic E-state index is 0.151. The van der Waals surface area contributed by atoms with Gasteiger partial charge in [-0.05, 0) is 31.0 Å². The average Bonchev–Trinajstić information content (AvgIpc) is 2.47. The molecule has 3 amide bonds. The Morgan fingerprint density at radius 1 is 1.24 bits per heavy atom. The second-order valence-corrected chi connectivity index (χ2v) is 5.52. The number of rotatable bonds is 3. The summed E-state index contributed by atoms with van der Waals surface area (Å²) >= 11 is 6.01. The normalized spacial score (nSPS) is 15.3. The monoisotopic (exact) mass is 310 g/mol. The van der Waals surface area contributed by atoms with Crippen molar-refractivity contribution in [2.24, 2.45) is 0 Å². The number of imide groups is 1. The molecule has 0 saturated heterocycles. The standard InChI is InChI=1S/C15H19ClN2O3/c1-21-11-7-8-12(13(16)9-11)14(19)18-15(20)17-10-5-3-2-4-6-10/h7-10H,2-6H2,1H3,(H2,17,18,19,20). The molecule has 114 valence electrons. The van der Waals surface area contributed by atoms with E-state index in [2.05, 4.69) is 10.6 Å². The van der Waals surface area contributed by atoms with Crippen molar-refractivity contribution in [1.29, 1.82) is 0 Å². The highest BCUT2D eigenvalue weighted by Crippen LogP contribution is 2.22. The molecule has 1 aromatic carbocycles. The number of benzene rings is 1. The number of hydrogen-bond acceptors (Lipinski definition) is 3. The van der Waals surface area contributed by atoms with Crippen LogP contribution in [0.25, 0.3) is 0 Å². The molecule has 5 nitrogen and oxygen atoms in total. The Morgan fingerprint density at radius 3 is 2.57 bits per heavy atom. The molecule has 1 saturated carbocycles. The topological polar surface area (TPSA) is 67.4 Å². The first-order chi connectivity index (χ1) is 10.1. The molecular weight excluding hydrogens is 292 g/mol. The summed E-state index contributed by atoms with van der Waals surface area (Å²) in [5.74, 6) is 0.0409. The fourth-order valence-corrected chi connectivity index (χ4v) is 2.70. The molecule has 0 bridgehead atoms. The van der Waals surface area contributed by atoms with Gasteiger partial charge in [-0.1, -0.05) is 30.9 Å². The highest BCUT2D eigenvalue weighted by Gasteiger charge is 2.18. The Labute approximate surface area is 129 Å². The van der Waals surface area contributed by atoms with E-state index in [9.17, 15) is 9.59 Å². The molecule has 0 heterocycles. The van der Waals surface area contributed by atoms with Crippen molar-refractivity contribution in [3.8, 4) is 5.75 Å². The first-order valence-corrected chi connectivity index (χ1v) is 7.43. The Hall–Kier alpha value is -1.75. The van der Waals surface area contributed by atoms with Crippen LogP contribution in [0.15, 0.2) is 18.2 Å². The molecule has 0 spiro atoms. The van der Waals surface area contributed by atoms with Gasteiger partial charge in [0, 0.05) is 6.04 Å². The fraction of sp³-hybridized carbons (Fsp3) is 0.467. The van der Waals surface area contributed by atoms with Crippen LogP contribution in [-0.2, 0) is 0 Å². The molecule has 1 aromatic rings. The van der Waals surface area contributed by atoms with E-state index < -0.39 is 11.9 Å². The van der Waals surface area contributed by atoms with Crippen molar-refractivity contribution >= 4 is 23.5 Å². The van der Waals surface area contributed by atoms with E-state index in [1.165, 1.54) is 25.7 Å². The summed E-state index contributed by atoms with van der Waals surface area (Å²) < 4.78 is 5.02. The molecule has 21 heavy (non-hydrogen) atoms. The molecule has 1 fully saturated rings. The smallest absolute Gasteiger partial charge is 0.321 e. The number of carbonyl (C=O) groups excluding carboxylic acids is 2. The van der Waals surface area contributed by atoms with Gasteiger partial charge in [-0.2, -0.15) is 0 Å². The summed E-state index contributed by atoms with van der Waals surface area (Å²) in [7, 11) is 1.52. The lowest BCUT2D eigenvalue weighted by Crippen LogP contribution is -2.45. The van der Waals surface area contributed by atoms with Gasteiger partial charge in [0.15, 0.2) is 0 Å². The van der Waals surface area contributed by atoms with Crippen LogP contribution in [0.4, 0.5) is 4.79 Å². The van der Waals surface area contributed by atoms with Crippen molar-refractivity contribution < 1.29 is 14.3 Å². The van der Waals surface area contributed by atoms with Crippen molar-refractivity contribution in [3.05, 3.63) is 28.8 Å². The molecule has 1 aliphatic carbocycles. The molecule has 1 aliphatic rings. The largest absolute Gasteiger partial charge is 0.497 e. The molecule has 0 atom stereocenters. The molecule has 0 aliphatic heterocycles. The lowest BCUT2D eigenvalue weighted by atomic mass is 9.96. The lowest BCUT2D eigenvalue weighted by molar-refractivity contribution is 0.0963.